The number of methoxy groups -OCH3 is 1. The SMILES string of the molecule is COC(=O)C1(Cl)OC12CCC(C)OC2. The standard InChI is InChI=1S/C9H13ClO4/c1-6-3-4-8(5-13-6)9(10,14-8)7(11)12-2/h6H,3-5H2,1-2H3. The zero-order chi connectivity index (χ0) is 10.4. The Balaban J connectivity index is 2.05. The summed E-state index contributed by atoms with van der Waals surface area (Å²) in [6.07, 6.45) is 1.81. The van der Waals surface area contributed by atoms with E-state index in [-0.39, 0.29) is 6.10 Å². The van der Waals surface area contributed by atoms with Crippen LogP contribution in [0.25, 0.3) is 0 Å². The highest BCUT2D eigenvalue weighted by Gasteiger charge is 2.76. The van der Waals surface area contributed by atoms with Gasteiger partial charge in [0.15, 0.2) is 0 Å². The molecule has 0 saturated carbocycles. The first-order valence-electron chi connectivity index (χ1n) is 4.63. The van der Waals surface area contributed by atoms with E-state index < -0.39 is 16.6 Å². The Kier molecular flexibility index (Phi) is 2.25. The van der Waals surface area contributed by atoms with Gasteiger partial charge in [-0.05, 0) is 19.8 Å². The van der Waals surface area contributed by atoms with Crippen LogP contribution in [0.2, 0.25) is 0 Å². The number of rotatable bonds is 1. The molecular weight excluding hydrogens is 208 g/mol. The summed E-state index contributed by atoms with van der Waals surface area (Å²) < 4.78 is 15.3. The zero-order valence-electron chi connectivity index (χ0n) is 8.21. The topological polar surface area (TPSA) is 48.1 Å². The fourth-order valence-corrected chi connectivity index (χ4v) is 2.18. The molecule has 2 aliphatic rings. The van der Waals surface area contributed by atoms with Crippen LogP contribution in [0.1, 0.15) is 19.8 Å². The molecule has 0 N–H and O–H groups in total. The molecule has 14 heavy (non-hydrogen) atoms. The summed E-state index contributed by atoms with van der Waals surface area (Å²) in [6.45, 7) is 2.36. The third-order valence-corrected chi connectivity index (χ3v) is 3.46. The van der Waals surface area contributed by atoms with Gasteiger partial charge in [-0.2, -0.15) is 0 Å². The molecule has 5 heteroatoms. The van der Waals surface area contributed by atoms with Crippen LogP contribution in [0.15, 0.2) is 0 Å². The van der Waals surface area contributed by atoms with E-state index in [1.54, 1.807) is 0 Å². The lowest BCUT2D eigenvalue weighted by Crippen LogP contribution is -2.39. The van der Waals surface area contributed by atoms with E-state index in [9.17, 15) is 4.79 Å². The van der Waals surface area contributed by atoms with E-state index >= 15 is 0 Å². The average Bonchev–Trinajstić information content (AvgIpc) is 2.77. The van der Waals surface area contributed by atoms with Crippen molar-refractivity contribution in [1.29, 1.82) is 0 Å². The van der Waals surface area contributed by atoms with E-state index in [2.05, 4.69) is 4.74 Å². The fraction of sp³-hybridized carbons (Fsp3) is 0.889. The van der Waals surface area contributed by atoms with Crippen LogP contribution in [-0.2, 0) is 19.0 Å². The lowest BCUT2D eigenvalue weighted by atomic mass is 9.95. The van der Waals surface area contributed by atoms with Gasteiger partial charge in [0.2, 0.25) is 0 Å². The zero-order valence-corrected chi connectivity index (χ0v) is 8.97. The molecule has 2 fully saturated rings. The number of carbonyl (C=O) groups is 1. The van der Waals surface area contributed by atoms with Crippen molar-refractivity contribution in [2.45, 2.75) is 36.5 Å². The van der Waals surface area contributed by atoms with E-state index in [4.69, 9.17) is 21.1 Å². The predicted octanol–water partition coefficient (Wildman–Crippen LogP) is 1.06. The van der Waals surface area contributed by atoms with Gasteiger partial charge in [0.1, 0.15) is 5.60 Å². The summed E-state index contributed by atoms with van der Waals surface area (Å²) in [5.41, 5.74) is -0.645. The van der Waals surface area contributed by atoms with Crippen molar-refractivity contribution in [3.63, 3.8) is 0 Å². The second kappa shape index (κ2) is 3.08. The molecule has 4 nitrogen and oxygen atoms in total. The highest BCUT2D eigenvalue weighted by molar-refractivity contribution is 6.36. The normalized spacial score (nSPS) is 46.4. The fourth-order valence-electron chi connectivity index (χ4n) is 1.81. The maximum atomic E-state index is 11.3. The van der Waals surface area contributed by atoms with Gasteiger partial charge in [0.25, 0.3) is 5.06 Å². The van der Waals surface area contributed by atoms with Gasteiger partial charge in [-0.15, -0.1) is 0 Å². The lowest BCUT2D eigenvalue weighted by Gasteiger charge is -2.25. The van der Waals surface area contributed by atoms with Gasteiger partial charge in [0.05, 0.1) is 19.8 Å². The van der Waals surface area contributed by atoms with E-state index in [0.717, 1.165) is 12.8 Å². The third-order valence-electron chi connectivity index (χ3n) is 2.88. The van der Waals surface area contributed by atoms with Crippen LogP contribution in [0.5, 0.6) is 0 Å². The molecule has 0 aromatic carbocycles. The quantitative estimate of drug-likeness (QED) is 0.377. The molecule has 2 saturated heterocycles. The van der Waals surface area contributed by atoms with Crippen molar-refractivity contribution in [2.75, 3.05) is 13.7 Å². The highest BCUT2D eigenvalue weighted by atomic mass is 35.5. The number of hydrogen-bond acceptors (Lipinski definition) is 4. The van der Waals surface area contributed by atoms with Gasteiger partial charge in [-0.25, -0.2) is 4.79 Å². The molecule has 2 aliphatic heterocycles. The molecular formula is C9H13ClO4. The second-order valence-electron chi connectivity index (χ2n) is 3.84. The Labute approximate surface area is 87.5 Å². The largest absolute Gasteiger partial charge is 0.466 e. The molecule has 0 radical (unpaired) electrons. The van der Waals surface area contributed by atoms with Crippen LogP contribution < -0.4 is 0 Å². The molecule has 80 valence electrons. The maximum absolute atomic E-state index is 11.3. The van der Waals surface area contributed by atoms with Crippen molar-refractivity contribution >= 4 is 17.6 Å². The molecule has 0 aromatic heterocycles. The van der Waals surface area contributed by atoms with E-state index in [1.807, 2.05) is 6.92 Å². The maximum Gasteiger partial charge on any atom is 0.357 e. The second-order valence-corrected chi connectivity index (χ2v) is 4.38. The van der Waals surface area contributed by atoms with Gasteiger partial charge in [-0.1, -0.05) is 11.6 Å². The summed E-state index contributed by atoms with van der Waals surface area (Å²) in [5, 5.41) is -1.30. The summed E-state index contributed by atoms with van der Waals surface area (Å²) in [5.74, 6) is -0.530. The first-order valence-corrected chi connectivity index (χ1v) is 5.01. The number of alkyl halides is 1. The molecule has 3 atom stereocenters. The lowest BCUT2D eigenvalue weighted by molar-refractivity contribution is -0.143. The van der Waals surface area contributed by atoms with Gasteiger partial charge in [0, 0.05) is 0 Å². The Bertz CT molecular complexity index is 260. The smallest absolute Gasteiger partial charge is 0.357 e. The Hall–Kier alpha value is -0.320. The Morgan fingerprint density at radius 3 is 2.86 bits per heavy atom. The van der Waals surface area contributed by atoms with Gasteiger partial charge in [-0.3, -0.25) is 0 Å². The van der Waals surface area contributed by atoms with Crippen molar-refractivity contribution in [2.24, 2.45) is 0 Å². The average molecular weight is 221 g/mol. The van der Waals surface area contributed by atoms with Gasteiger partial charge >= 0.3 is 5.97 Å². The number of esters is 1. The highest BCUT2D eigenvalue weighted by Crippen LogP contribution is 2.56. The third kappa shape index (κ3) is 1.25. The number of carbonyl (C=O) groups excluding carboxylic acids is 1. The van der Waals surface area contributed by atoms with Crippen molar-refractivity contribution in [3.8, 4) is 0 Å². The van der Waals surface area contributed by atoms with E-state index in [1.165, 1.54) is 7.11 Å². The molecule has 1 spiro atoms. The number of halogens is 1. The minimum atomic E-state index is -1.30. The molecule has 0 bridgehead atoms. The minimum absolute atomic E-state index is 0.211. The summed E-state index contributed by atoms with van der Waals surface area (Å²) in [6, 6.07) is 0. The molecule has 2 heterocycles. The molecule has 2 rings (SSSR count). The van der Waals surface area contributed by atoms with Crippen LogP contribution in [0.3, 0.4) is 0 Å². The summed E-state index contributed by atoms with van der Waals surface area (Å²) in [4.78, 5) is 11.3. The van der Waals surface area contributed by atoms with E-state index in [0.29, 0.717) is 6.61 Å². The first-order chi connectivity index (χ1) is 6.54. The molecule has 0 amide bonds. The van der Waals surface area contributed by atoms with Crippen LogP contribution in [0.4, 0.5) is 0 Å². The molecule has 0 aliphatic carbocycles. The van der Waals surface area contributed by atoms with Crippen molar-refractivity contribution < 1.29 is 19.0 Å². The van der Waals surface area contributed by atoms with Crippen molar-refractivity contribution in [1.82, 2.24) is 0 Å². The predicted molar refractivity (Wildman–Crippen MR) is 49.1 cm³/mol. The van der Waals surface area contributed by atoms with Crippen molar-refractivity contribution in [3.05, 3.63) is 0 Å². The van der Waals surface area contributed by atoms with Gasteiger partial charge < -0.3 is 14.2 Å². The summed E-state index contributed by atoms with van der Waals surface area (Å²) >= 11 is 6.00. The van der Waals surface area contributed by atoms with Crippen LogP contribution >= 0.6 is 11.6 Å². The monoisotopic (exact) mass is 220 g/mol. The Morgan fingerprint density at radius 2 is 2.36 bits per heavy atom. The minimum Gasteiger partial charge on any atom is -0.466 e. The van der Waals surface area contributed by atoms with Crippen LogP contribution in [0, 0.1) is 0 Å². The molecule has 3 unspecified atom stereocenters. The molecule has 0 aromatic rings. The Morgan fingerprint density at radius 1 is 1.64 bits per heavy atom. The van der Waals surface area contributed by atoms with Crippen LogP contribution in [-0.4, -0.2) is 36.5 Å². The first kappa shape index (κ1) is 10.2. The number of ether oxygens (including phenoxy) is 3. The number of hydrogen-bond donors (Lipinski definition) is 0. The number of epoxide rings is 1. The summed E-state index contributed by atoms with van der Waals surface area (Å²) in [7, 11) is 1.30.